The van der Waals surface area contributed by atoms with E-state index in [9.17, 15) is 5.11 Å². The van der Waals surface area contributed by atoms with Gasteiger partial charge in [0.1, 0.15) is 24.3 Å². The molecular weight excluding hydrogens is 392 g/mol. The van der Waals surface area contributed by atoms with E-state index < -0.39 is 6.10 Å². The predicted molar refractivity (Wildman–Crippen MR) is 108 cm³/mol. The molecule has 1 aromatic heterocycles. The second kappa shape index (κ2) is 7.09. The summed E-state index contributed by atoms with van der Waals surface area (Å²) in [6.45, 7) is 2.61. The molecule has 0 spiro atoms. The van der Waals surface area contributed by atoms with Crippen LogP contribution in [0.15, 0.2) is 65.1 Å². The summed E-state index contributed by atoms with van der Waals surface area (Å²) in [4.78, 5) is 4.54. The smallest absolute Gasteiger partial charge is 0.134 e. The molecule has 4 aromatic rings. The van der Waals surface area contributed by atoms with Gasteiger partial charge in [0.05, 0.1) is 22.1 Å². The molecule has 0 unspecified atom stereocenters. The van der Waals surface area contributed by atoms with Crippen LogP contribution in [0.25, 0.3) is 21.8 Å². The Morgan fingerprint density at radius 1 is 1.08 bits per heavy atom. The first-order valence-electron chi connectivity index (χ1n) is 8.53. The van der Waals surface area contributed by atoms with Crippen LogP contribution in [0, 0.1) is 6.92 Å². The van der Waals surface area contributed by atoms with Gasteiger partial charge in [-0.3, -0.25) is 0 Å². The van der Waals surface area contributed by atoms with Crippen LogP contribution in [0.1, 0.15) is 5.82 Å². The number of hydrogen-bond acceptors (Lipinski definition) is 3. The van der Waals surface area contributed by atoms with Gasteiger partial charge in [-0.1, -0.05) is 42.5 Å². The Balaban J connectivity index is 1.50. The molecule has 0 saturated carbocycles. The molecule has 0 saturated heterocycles. The summed E-state index contributed by atoms with van der Waals surface area (Å²) in [5.74, 6) is 1.62. The zero-order valence-electron chi connectivity index (χ0n) is 14.4. The van der Waals surface area contributed by atoms with Crippen molar-refractivity contribution in [2.24, 2.45) is 0 Å². The van der Waals surface area contributed by atoms with E-state index in [1.165, 1.54) is 0 Å². The second-order valence-corrected chi connectivity index (χ2v) is 7.11. The average molecular weight is 411 g/mol. The minimum Gasteiger partial charge on any atom is -0.490 e. The first-order chi connectivity index (χ1) is 12.6. The summed E-state index contributed by atoms with van der Waals surface area (Å²) in [5, 5.41) is 12.7. The Morgan fingerprint density at radius 2 is 1.85 bits per heavy atom. The fraction of sp³-hybridized carbons (Fsp3) is 0.190. The van der Waals surface area contributed by atoms with Crippen molar-refractivity contribution in [2.45, 2.75) is 19.6 Å². The number of para-hydroxylation sites is 2. The number of hydrogen-bond donors (Lipinski definition) is 1. The molecule has 132 valence electrons. The highest BCUT2D eigenvalue weighted by molar-refractivity contribution is 9.10. The zero-order chi connectivity index (χ0) is 18.1. The number of aryl methyl sites for hydroxylation is 1. The third kappa shape index (κ3) is 3.20. The lowest BCUT2D eigenvalue weighted by molar-refractivity contribution is 0.0926. The molecule has 0 bridgehead atoms. The van der Waals surface area contributed by atoms with E-state index in [2.05, 4.69) is 27.0 Å². The van der Waals surface area contributed by atoms with Crippen molar-refractivity contribution >= 4 is 37.7 Å². The molecule has 1 atom stereocenters. The first kappa shape index (κ1) is 17.1. The van der Waals surface area contributed by atoms with Gasteiger partial charge in [-0.25, -0.2) is 4.98 Å². The van der Waals surface area contributed by atoms with Crippen molar-refractivity contribution in [1.29, 1.82) is 0 Å². The molecule has 0 fully saturated rings. The van der Waals surface area contributed by atoms with E-state index in [0.29, 0.717) is 6.54 Å². The van der Waals surface area contributed by atoms with Gasteiger partial charge in [0, 0.05) is 0 Å². The van der Waals surface area contributed by atoms with Crippen LogP contribution in [0.2, 0.25) is 0 Å². The molecule has 5 heteroatoms. The normalized spacial score (nSPS) is 12.6. The van der Waals surface area contributed by atoms with E-state index in [-0.39, 0.29) is 6.61 Å². The summed E-state index contributed by atoms with van der Waals surface area (Å²) >= 11 is 3.61. The number of imidazole rings is 1. The number of aliphatic hydroxyl groups is 1. The third-order valence-electron chi connectivity index (χ3n) is 4.50. The predicted octanol–water partition coefficient (Wildman–Crippen LogP) is 4.70. The molecule has 0 aliphatic rings. The number of aromatic nitrogens is 2. The SMILES string of the molecule is Cc1nc2ccccc2n1C[C@H](O)COc1ccc2ccccc2c1Br. The topological polar surface area (TPSA) is 47.3 Å². The summed E-state index contributed by atoms with van der Waals surface area (Å²) in [6, 6.07) is 20.0. The van der Waals surface area contributed by atoms with Crippen LogP contribution in [-0.4, -0.2) is 27.4 Å². The Morgan fingerprint density at radius 3 is 2.73 bits per heavy atom. The number of aliphatic hydroxyl groups excluding tert-OH is 1. The molecule has 4 nitrogen and oxygen atoms in total. The largest absolute Gasteiger partial charge is 0.490 e. The highest BCUT2D eigenvalue weighted by Crippen LogP contribution is 2.33. The van der Waals surface area contributed by atoms with Crippen molar-refractivity contribution in [3.63, 3.8) is 0 Å². The molecule has 4 rings (SSSR count). The zero-order valence-corrected chi connectivity index (χ0v) is 16.0. The quantitative estimate of drug-likeness (QED) is 0.518. The van der Waals surface area contributed by atoms with Crippen LogP contribution in [0.4, 0.5) is 0 Å². The molecule has 26 heavy (non-hydrogen) atoms. The highest BCUT2D eigenvalue weighted by atomic mass is 79.9. The molecule has 0 amide bonds. The monoisotopic (exact) mass is 410 g/mol. The molecule has 3 aromatic carbocycles. The van der Waals surface area contributed by atoms with Gasteiger partial charge < -0.3 is 14.4 Å². The summed E-state index contributed by atoms with van der Waals surface area (Å²) in [7, 11) is 0. The summed E-state index contributed by atoms with van der Waals surface area (Å²) < 4.78 is 8.81. The highest BCUT2D eigenvalue weighted by Gasteiger charge is 2.13. The lowest BCUT2D eigenvalue weighted by atomic mass is 10.1. The Labute approximate surface area is 160 Å². The van der Waals surface area contributed by atoms with Gasteiger partial charge in [0.2, 0.25) is 0 Å². The Bertz CT molecular complexity index is 1070. The maximum atomic E-state index is 10.5. The number of rotatable bonds is 5. The fourth-order valence-corrected chi connectivity index (χ4v) is 3.81. The molecule has 0 radical (unpaired) electrons. The second-order valence-electron chi connectivity index (χ2n) is 6.32. The van der Waals surface area contributed by atoms with E-state index in [1.807, 2.05) is 66.1 Å². The van der Waals surface area contributed by atoms with Crippen LogP contribution < -0.4 is 4.74 Å². The van der Waals surface area contributed by atoms with Crippen molar-refractivity contribution in [3.05, 3.63) is 71.0 Å². The number of ether oxygens (including phenoxy) is 1. The lowest BCUT2D eigenvalue weighted by Gasteiger charge is -2.16. The number of halogens is 1. The van der Waals surface area contributed by atoms with Crippen LogP contribution in [0.3, 0.4) is 0 Å². The van der Waals surface area contributed by atoms with Crippen LogP contribution in [0.5, 0.6) is 5.75 Å². The third-order valence-corrected chi connectivity index (χ3v) is 5.32. The molecule has 0 aliphatic heterocycles. The van der Waals surface area contributed by atoms with Gasteiger partial charge in [-0.15, -0.1) is 0 Å². The van der Waals surface area contributed by atoms with Gasteiger partial charge in [0.15, 0.2) is 0 Å². The maximum absolute atomic E-state index is 10.5. The molecular formula is C21H19BrN2O2. The van der Waals surface area contributed by atoms with Crippen molar-refractivity contribution in [3.8, 4) is 5.75 Å². The van der Waals surface area contributed by atoms with Gasteiger partial charge in [-0.2, -0.15) is 0 Å². The van der Waals surface area contributed by atoms with Crippen molar-refractivity contribution < 1.29 is 9.84 Å². The fourth-order valence-electron chi connectivity index (χ4n) is 3.20. The van der Waals surface area contributed by atoms with E-state index >= 15 is 0 Å². The maximum Gasteiger partial charge on any atom is 0.134 e. The van der Waals surface area contributed by atoms with Gasteiger partial charge in [-0.05, 0) is 51.8 Å². The van der Waals surface area contributed by atoms with E-state index in [1.54, 1.807) is 0 Å². The van der Waals surface area contributed by atoms with Gasteiger partial charge >= 0.3 is 0 Å². The van der Waals surface area contributed by atoms with Crippen molar-refractivity contribution in [1.82, 2.24) is 9.55 Å². The van der Waals surface area contributed by atoms with E-state index in [0.717, 1.165) is 37.9 Å². The number of benzene rings is 3. The minimum absolute atomic E-state index is 0.211. The Hall–Kier alpha value is -2.37. The minimum atomic E-state index is -0.635. The standard InChI is InChI=1S/C21H19BrN2O2/c1-14-23-18-8-4-5-9-19(18)24(14)12-16(25)13-26-20-11-10-15-6-2-3-7-17(15)21(20)22/h2-11,16,25H,12-13H2,1H3/t16-/m0/s1. The first-order valence-corrected chi connectivity index (χ1v) is 9.33. The summed E-state index contributed by atoms with van der Waals surface area (Å²) in [5.41, 5.74) is 1.96. The van der Waals surface area contributed by atoms with Gasteiger partial charge in [0.25, 0.3) is 0 Å². The van der Waals surface area contributed by atoms with E-state index in [4.69, 9.17) is 4.74 Å². The lowest BCUT2D eigenvalue weighted by Crippen LogP contribution is -2.24. The Kier molecular flexibility index (Phi) is 4.66. The van der Waals surface area contributed by atoms with Crippen LogP contribution >= 0.6 is 15.9 Å². The summed E-state index contributed by atoms with van der Waals surface area (Å²) in [6.07, 6.45) is -0.635. The number of fused-ring (bicyclic) bond motifs is 2. The average Bonchev–Trinajstić information content (AvgIpc) is 2.97. The van der Waals surface area contributed by atoms with Crippen LogP contribution in [-0.2, 0) is 6.54 Å². The molecule has 1 N–H and O–H groups in total. The number of nitrogens with zero attached hydrogens (tertiary/aromatic N) is 2. The van der Waals surface area contributed by atoms with Crippen molar-refractivity contribution in [2.75, 3.05) is 6.61 Å². The molecule has 0 aliphatic carbocycles. The molecule has 1 heterocycles.